The highest BCUT2D eigenvalue weighted by Gasteiger charge is 2.22. The molecule has 0 unspecified atom stereocenters. The molecule has 4 rings (SSSR count). The number of nitro groups is 1. The third-order valence-electron chi connectivity index (χ3n) is 4.73. The highest BCUT2D eigenvalue weighted by Crippen LogP contribution is 2.26. The van der Waals surface area contributed by atoms with Gasteiger partial charge in [0.15, 0.2) is 0 Å². The van der Waals surface area contributed by atoms with Crippen molar-refractivity contribution in [3.05, 3.63) is 76.9 Å². The van der Waals surface area contributed by atoms with E-state index in [9.17, 15) is 19.7 Å². The first kappa shape index (κ1) is 18.4. The molecule has 0 saturated carbocycles. The third-order valence-corrected chi connectivity index (χ3v) is 4.73. The van der Waals surface area contributed by atoms with E-state index >= 15 is 0 Å². The lowest BCUT2D eigenvalue weighted by Gasteiger charge is -2.16. The van der Waals surface area contributed by atoms with Crippen LogP contribution in [0, 0.1) is 10.1 Å². The summed E-state index contributed by atoms with van der Waals surface area (Å²) in [5.41, 5.74) is 1.61. The van der Waals surface area contributed by atoms with E-state index in [2.05, 4.69) is 10.3 Å². The van der Waals surface area contributed by atoms with E-state index in [4.69, 9.17) is 0 Å². The lowest BCUT2D eigenvalue weighted by atomic mass is 10.1. The van der Waals surface area contributed by atoms with Crippen molar-refractivity contribution in [3.8, 4) is 5.69 Å². The van der Waals surface area contributed by atoms with Crippen molar-refractivity contribution < 1.29 is 14.5 Å². The van der Waals surface area contributed by atoms with Crippen LogP contribution in [0.4, 0.5) is 17.1 Å². The smallest absolute Gasteiger partial charge is 0.294 e. The topological polar surface area (TPSA) is 110 Å². The van der Waals surface area contributed by atoms with Crippen LogP contribution in [-0.4, -0.2) is 32.8 Å². The summed E-state index contributed by atoms with van der Waals surface area (Å²) in [6.07, 6.45) is 5.95. The summed E-state index contributed by atoms with van der Waals surface area (Å²) in [6, 6.07) is 11.2. The molecule has 146 valence electrons. The number of carbonyl (C=O) groups is 2. The number of amides is 2. The van der Waals surface area contributed by atoms with Crippen molar-refractivity contribution in [2.24, 2.45) is 0 Å². The lowest BCUT2D eigenvalue weighted by molar-refractivity contribution is -0.384. The molecular formula is C20H17N5O4. The van der Waals surface area contributed by atoms with Gasteiger partial charge < -0.3 is 14.8 Å². The number of nitrogens with zero attached hydrogens (tertiary/aromatic N) is 4. The zero-order valence-electron chi connectivity index (χ0n) is 15.3. The molecule has 2 heterocycles. The second kappa shape index (κ2) is 7.55. The molecule has 1 fully saturated rings. The lowest BCUT2D eigenvalue weighted by Crippen LogP contribution is -2.23. The number of rotatable bonds is 5. The van der Waals surface area contributed by atoms with E-state index in [1.165, 1.54) is 35.3 Å². The summed E-state index contributed by atoms with van der Waals surface area (Å²) in [5, 5.41) is 14.2. The molecule has 1 saturated heterocycles. The number of hydrogen-bond acceptors (Lipinski definition) is 5. The highest BCUT2D eigenvalue weighted by molar-refractivity contribution is 6.05. The van der Waals surface area contributed by atoms with Crippen LogP contribution in [0.25, 0.3) is 5.69 Å². The van der Waals surface area contributed by atoms with Gasteiger partial charge in [0.1, 0.15) is 5.69 Å². The van der Waals surface area contributed by atoms with Gasteiger partial charge in [0.05, 0.1) is 11.3 Å². The molecule has 0 radical (unpaired) electrons. The Bertz CT molecular complexity index is 1080. The van der Waals surface area contributed by atoms with Gasteiger partial charge in [-0.05, 0) is 42.8 Å². The molecule has 1 aliphatic heterocycles. The number of imidazole rings is 1. The maximum atomic E-state index is 12.6. The Balaban J connectivity index is 1.53. The Morgan fingerprint density at radius 1 is 1.17 bits per heavy atom. The molecule has 1 aromatic heterocycles. The van der Waals surface area contributed by atoms with Crippen molar-refractivity contribution >= 4 is 28.9 Å². The summed E-state index contributed by atoms with van der Waals surface area (Å²) < 4.78 is 1.51. The minimum absolute atomic E-state index is 0.0899. The molecule has 2 amide bonds. The summed E-state index contributed by atoms with van der Waals surface area (Å²) in [7, 11) is 0. The zero-order valence-corrected chi connectivity index (χ0v) is 15.3. The van der Waals surface area contributed by atoms with E-state index < -0.39 is 10.8 Å². The number of benzene rings is 2. The molecule has 1 aliphatic rings. The van der Waals surface area contributed by atoms with Crippen LogP contribution in [0.3, 0.4) is 0 Å². The first-order chi connectivity index (χ1) is 14.0. The van der Waals surface area contributed by atoms with Crippen LogP contribution in [0.2, 0.25) is 0 Å². The predicted molar refractivity (Wildman–Crippen MR) is 106 cm³/mol. The van der Waals surface area contributed by atoms with E-state index in [1.54, 1.807) is 35.4 Å². The van der Waals surface area contributed by atoms with Crippen molar-refractivity contribution in [2.75, 3.05) is 16.8 Å². The Morgan fingerprint density at radius 2 is 1.97 bits per heavy atom. The molecule has 0 aliphatic carbocycles. The van der Waals surface area contributed by atoms with Gasteiger partial charge in [-0.25, -0.2) is 4.98 Å². The second-order valence-corrected chi connectivity index (χ2v) is 6.58. The number of anilines is 2. The largest absolute Gasteiger partial charge is 0.322 e. The minimum Gasteiger partial charge on any atom is -0.322 e. The van der Waals surface area contributed by atoms with Crippen LogP contribution in [-0.2, 0) is 4.79 Å². The van der Waals surface area contributed by atoms with Gasteiger partial charge in [-0.2, -0.15) is 0 Å². The molecule has 0 spiro atoms. The Kier molecular flexibility index (Phi) is 4.78. The monoisotopic (exact) mass is 391 g/mol. The van der Waals surface area contributed by atoms with E-state index in [0.29, 0.717) is 24.3 Å². The van der Waals surface area contributed by atoms with Crippen LogP contribution in [0.5, 0.6) is 0 Å². The van der Waals surface area contributed by atoms with Gasteiger partial charge in [0, 0.05) is 48.4 Å². The maximum absolute atomic E-state index is 12.6. The zero-order chi connectivity index (χ0) is 20.4. The minimum atomic E-state index is -0.534. The summed E-state index contributed by atoms with van der Waals surface area (Å²) >= 11 is 0. The van der Waals surface area contributed by atoms with Crippen molar-refractivity contribution in [1.29, 1.82) is 0 Å². The average Bonchev–Trinajstić information content (AvgIpc) is 3.40. The predicted octanol–water partition coefficient (Wildman–Crippen LogP) is 3.16. The molecule has 9 heteroatoms. The molecule has 0 bridgehead atoms. The first-order valence-corrected chi connectivity index (χ1v) is 9.01. The van der Waals surface area contributed by atoms with E-state index in [1.807, 2.05) is 0 Å². The van der Waals surface area contributed by atoms with Gasteiger partial charge in [0.25, 0.3) is 11.6 Å². The van der Waals surface area contributed by atoms with Crippen LogP contribution < -0.4 is 10.2 Å². The summed E-state index contributed by atoms with van der Waals surface area (Å²) in [6.45, 7) is 0.692. The van der Waals surface area contributed by atoms with Gasteiger partial charge in [0.2, 0.25) is 5.91 Å². The molecule has 9 nitrogen and oxygen atoms in total. The van der Waals surface area contributed by atoms with E-state index in [-0.39, 0.29) is 17.2 Å². The van der Waals surface area contributed by atoms with Crippen LogP contribution >= 0.6 is 0 Å². The summed E-state index contributed by atoms with van der Waals surface area (Å²) in [4.78, 5) is 40.9. The van der Waals surface area contributed by atoms with Gasteiger partial charge in [-0.3, -0.25) is 19.7 Å². The number of carbonyl (C=O) groups excluding carboxylic acids is 2. The van der Waals surface area contributed by atoms with Crippen LogP contribution in [0.1, 0.15) is 23.2 Å². The van der Waals surface area contributed by atoms with Crippen LogP contribution in [0.15, 0.2) is 61.2 Å². The number of hydrogen-bond donors (Lipinski definition) is 1. The Hall–Kier alpha value is -4.01. The maximum Gasteiger partial charge on any atom is 0.294 e. The van der Waals surface area contributed by atoms with Gasteiger partial charge in [-0.15, -0.1) is 0 Å². The van der Waals surface area contributed by atoms with Gasteiger partial charge in [-0.1, -0.05) is 0 Å². The summed E-state index contributed by atoms with van der Waals surface area (Å²) in [5.74, 6) is -0.373. The Labute approximate surface area is 165 Å². The highest BCUT2D eigenvalue weighted by atomic mass is 16.6. The third kappa shape index (κ3) is 3.70. The van der Waals surface area contributed by atoms with E-state index in [0.717, 1.165) is 12.1 Å². The molecule has 1 N–H and O–H groups in total. The van der Waals surface area contributed by atoms with Gasteiger partial charge >= 0.3 is 0 Å². The molecule has 2 aromatic carbocycles. The number of nitro benzene ring substituents is 1. The second-order valence-electron chi connectivity index (χ2n) is 6.58. The standard InChI is InChI=1S/C20H17N5O4/c26-19-2-1-10-24(19)16-6-4-15(5-7-16)22-20(27)14-3-8-17(18(12-14)25(28)29)23-11-9-21-13-23/h3-9,11-13H,1-2,10H2,(H,22,27). The molecule has 0 atom stereocenters. The average molecular weight is 391 g/mol. The van der Waals surface area contributed by atoms with Crippen molar-refractivity contribution in [1.82, 2.24) is 9.55 Å². The SMILES string of the molecule is O=C(Nc1ccc(N2CCCC2=O)cc1)c1ccc(-n2ccnc2)c([N+](=O)[O-])c1. The number of aromatic nitrogens is 2. The molecule has 29 heavy (non-hydrogen) atoms. The fraction of sp³-hybridized carbons (Fsp3) is 0.150. The Morgan fingerprint density at radius 3 is 2.59 bits per heavy atom. The molecule has 3 aromatic rings. The number of nitrogens with one attached hydrogen (secondary N) is 1. The molecular weight excluding hydrogens is 374 g/mol. The van der Waals surface area contributed by atoms with Crippen molar-refractivity contribution in [3.63, 3.8) is 0 Å². The fourth-order valence-corrected chi connectivity index (χ4v) is 3.28. The normalized spacial score (nSPS) is 13.5. The first-order valence-electron chi connectivity index (χ1n) is 9.01. The quantitative estimate of drug-likeness (QED) is 0.531. The fourth-order valence-electron chi connectivity index (χ4n) is 3.28. The van der Waals surface area contributed by atoms with Crippen molar-refractivity contribution in [2.45, 2.75) is 12.8 Å².